The average Bonchev–Trinajstić information content (AvgIpc) is 3.70. The molecule has 5 aromatic rings. The molecule has 0 atom stereocenters. The Hall–Kier alpha value is -3.77. The van der Waals surface area contributed by atoms with E-state index in [4.69, 9.17) is 32.7 Å². The van der Waals surface area contributed by atoms with Crippen molar-refractivity contribution in [2.24, 2.45) is 0 Å². The molecule has 2 N–H and O–H groups in total. The van der Waals surface area contributed by atoms with Gasteiger partial charge in [-0.2, -0.15) is 0 Å². The summed E-state index contributed by atoms with van der Waals surface area (Å²) in [5.41, 5.74) is 3.58. The van der Waals surface area contributed by atoms with E-state index >= 15 is 0 Å². The first kappa shape index (κ1) is 34.1. The van der Waals surface area contributed by atoms with E-state index in [-0.39, 0.29) is 27.8 Å². The number of nitrogens with zero attached hydrogens (tertiary/aromatic N) is 2. The molecule has 45 heavy (non-hydrogen) atoms. The molecule has 3 aromatic heterocycles. The van der Waals surface area contributed by atoms with Crippen LogP contribution in [0.25, 0.3) is 21.6 Å². The van der Waals surface area contributed by atoms with E-state index < -0.39 is 5.91 Å². The van der Waals surface area contributed by atoms with Crippen molar-refractivity contribution in [1.82, 2.24) is 15.0 Å². The van der Waals surface area contributed by atoms with Gasteiger partial charge in [-0.15, -0.1) is 22.7 Å². The molecule has 0 aliphatic carbocycles. The molecule has 236 valence electrons. The number of nitrogens with one attached hydrogen (secondary N) is 2. The highest BCUT2D eigenvalue weighted by molar-refractivity contribution is 7.13. The van der Waals surface area contributed by atoms with Crippen molar-refractivity contribution in [3.8, 4) is 22.2 Å². The summed E-state index contributed by atoms with van der Waals surface area (Å²) < 4.78 is 10.3. The Labute approximate surface area is 278 Å². The molecule has 0 bridgehead atoms. The Balaban J connectivity index is 0.000000205. The second kappa shape index (κ2) is 14.6. The number of amides is 1. The number of rotatable bonds is 8. The number of hydrogen-bond acceptors (Lipinski definition) is 9. The predicted molar refractivity (Wildman–Crippen MR) is 183 cm³/mol. The molecule has 0 saturated carbocycles. The van der Waals surface area contributed by atoms with Crippen molar-refractivity contribution in [3.63, 3.8) is 0 Å². The predicted octanol–water partition coefficient (Wildman–Crippen LogP) is 8.82. The number of halogens is 2. The summed E-state index contributed by atoms with van der Waals surface area (Å²) in [5.74, 6) is 0.895. The molecular formula is C32H32Cl2N4O5S2. The summed E-state index contributed by atoms with van der Waals surface area (Å²) in [7, 11) is 3.01. The molecule has 0 aliphatic rings. The average molecular weight is 688 g/mol. The molecule has 13 heteroatoms. The van der Waals surface area contributed by atoms with Crippen LogP contribution in [0.1, 0.15) is 78.0 Å². The minimum absolute atomic E-state index is 0.0883. The fourth-order valence-corrected chi connectivity index (χ4v) is 6.57. The van der Waals surface area contributed by atoms with Crippen molar-refractivity contribution in [3.05, 3.63) is 83.3 Å². The van der Waals surface area contributed by atoms with Gasteiger partial charge in [0.2, 0.25) is 0 Å². The minimum atomic E-state index is -0.403. The summed E-state index contributed by atoms with van der Waals surface area (Å²) >= 11 is 15.3. The number of carbonyl (C=O) groups is 2. The molecule has 0 unspecified atom stereocenters. The van der Waals surface area contributed by atoms with Gasteiger partial charge >= 0.3 is 0 Å². The van der Waals surface area contributed by atoms with Crippen LogP contribution in [0.4, 0.5) is 5.69 Å². The van der Waals surface area contributed by atoms with Gasteiger partial charge in [-0.1, -0.05) is 50.9 Å². The minimum Gasteiger partial charge on any atom is -0.495 e. The van der Waals surface area contributed by atoms with Gasteiger partial charge in [0.15, 0.2) is 16.2 Å². The quantitative estimate of drug-likeness (QED) is 0.156. The Morgan fingerprint density at radius 2 is 1.49 bits per heavy atom. The van der Waals surface area contributed by atoms with Crippen LogP contribution in [0.15, 0.2) is 45.9 Å². The number of Topliss-reactive ketones (excluding diaryl/α,β-unsaturated/α-hetero) is 1. The first-order valence-corrected chi connectivity index (χ1v) is 16.4. The zero-order valence-corrected chi connectivity index (χ0v) is 28.8. The lowest BCUT2D eigenvalue weighted by Crippen LogP contribution is -2.15. The number of H-pyrrole nitrogens is 1. The van der Waals surface area contributed by atoms with E-state index in [1.165, 1.54) is 36.7 Å². The molecule has 0 spiro atoms. The summed E-state index contributed by atoms with van der Waals surface area (Å²) in [6.45, 7) is 9.59. The lowest BCUT2D eigenvalue weighted by Gasteiger charge is -2.13. The third kappa shape index (κ3) is 7.55. The summed E-state index contributed by atoms with van der Waals surface area (Å²) in [6.07, 6.45) is 0. The monoisotopic (exact) mass is 686 g/mol. The van der Waals surface area contributed by atoms with Crippen molar-refractivity contribution in [1.29, 1.82) is 0 Å². The maximum atomic E-state index is 12.4. The Kier molecular flexibility index (Phi) is 11.0. The number of pyridine rings is 1. The number of aromatic amines is 1. The van der Waals surface area contributed by atoms with Crippen molar-refractivity contribution < 1.29 is 19.1 Å². The lowest BCUT2D eigenvalue weighted by molar-refractivity contribution is 0.101. The standard InChI is InChI=1S/C16H17ClN2O3S.C16H15ClN2O2S/c1-8(2)11-7-23-16(18-11)15(21)19-14-10(9(3)20)5-6-12(22-4)13(14)17;1-8(2)11-7-22-16(19-11)10-6-12(20)9-4-5-13(21-3)14(17)15(9)18-10/h5-8H,1-4H3,(H,19,21);4-8H,1-3H3,(H,18,20). The smallest absolute Gasteiger partial charge is 0.284 e. The maximum absolute atomic E-state index is 12.4. The van der Waals surface area contributed by atoms with Crippen molar-refractivity contribution >= 4 is 74.2 Å². The van der Waals surface area contributed by atoms with Crippen LogP contribution >= 0.6 is 45.9 Å². The van der Waals surface area contributed by atoms with Gasteiger partial charge in [-0.05, 0) is 43.0 Å². The first-order chi connectivity index (χ1) is 21.4. The van der Waals surface area contributed by atoms with E-state index in [9.17, 15) is 14.4 Å². The Bertz CT molecular complexity index is 1930. The Morgan fingerprint density at radius 3 is 2.07 bits per heavy atom. The van der Waals surface area contributed by atoms with E-state index in [1.807, 2.05) is 24.6 Å². The van der Waals surface area contributed by atoms with Crippen LogP contribution < -0.4 is 20.2 Å². The van der Waals surface area contributed by atoms with Crippen molar-refractivity contribution in [2.75, 3.05) is 19.5 Å². The number of aromatic nitrogens is 3. The molecule has 0 saturated heterocycles. The van der Waals surface area contributed by atoms with Crippen LogP contribution in [0, 0.1) is 0 Å². The molecule has 9 nitrogen and oxygen atoms in total. The number of anilines is 1. The summed E-state index contributed by atoms with van der Waals surface area (Å²) in [5, 5.41) is 8.76. The third-order valence-electron chi connectivity index (χ3n) is 6.72. The number of carbonyl (C=O) groups excluding carboxylic acids is 2. The van der Waals surface area contributed by atoms with Crippen LogP contribution in [0.5, 0.6) is 11.5 Å². The van der Waals surface area contributed by atoms with Crippen LogP contribution in [0.2, 0.25) is 10.0 Å². The third-order valence-corrected chi connectivity index (χ3v) is 9.23. The zero-order valence-electron chi connectivity index (χ0n) is 25.7. The molecular weight excluding hydrogens is 655 g/mol. The summed E-state index contributed by atoms with van der Waals surface area (Å²) in [4.78, 5) is 48.6. The van der Waals surface area contributed by atoms with Gasteiger partial charge in [0.1, 0.15) is 26.6 Å². The SMILES string of the molecule is COc1ccc(C(C)=O)c(NC(=O)c2nc(C(C)C)cs2)c1Cl.COc1ccc2c(=O)cc(-c3nc(C(C)C)cs3)[nH]c2c1Cl. The number of fused-ring (bicyclic) bond motifs is 1. The van der Waals surface area contributed by atoms with Crippen LogP contribution in [0.3, 0.4) is 0 Å². The number of hydrogen-bond donors (Lipinski definition) is 2. The summed E-state index contributed by atoms with van der Waals surface area (Å²) in [6, 6.07) is 8.14. The second-order valence-corrected chi connectivity index (χ2v) is 13.0. The molecule has 0 radical (unpaired) electrons. The van der Waals surface area contributed by atoms with Gasteiger partial charge in [-0.25, -0.2) is 9.97 Å². The van der Waals surface area contributed by atoms with E-state index in [0.717, 1.165) is 16.4 Å². The van der Waals surface area contributed by atoms with Crippen LogP contribution in [-0.4, -0.2) is 40.9 Å². The lowest BCUT2D eigenvalue weighted by atomic mass is 10.1. The number of methoxy groups -OCH3 is 2. The zero-order chi connectivity index (χ0) is 33.0. The number of ketones is 1. The van der Waals surface area contributed by atoms with Crippen molar-refractivity contribution in [2.45, 2.75) is 46.5 Å². The van der Waals surface area contributed by atoms with Crippen LogP contribution in [-0.2, 0) is 0 Å². The van der Waals surface area contributed by atoms with E-state index in [0.29, 0.717) is 49.6 Å². The molecule has 3 heterocycles. The number of benzene rings is 2. The topological polar surface area (TPSA) is 123 Å². The molecule has 1 amide bonds. The maximum Gasteiger partial charge on any atom is 0.284 e. The van der Waals surface area contributed by atoms with E-state index in [1.54, 1.807) is 37.4 Å². The largest absolute Gasteiger partial charge is 0.495 e. The first-order valence-electron chi connectivity index (χ1n) is 13.9. The van der Waals surface area contributed by atoms with Gasteiger partial charge in [0, 0.05) is 27.8 Å². The highest BCUT2D eigenvalue weighted by atomic mass is 35.5. The fourth-order valence-electron chi connectivity index (χ4n) is 4.16. The molecule has 2 aromatic carbocycles. The van der Waals surface area contributed by atoms with E-state index in [2.05, 4.69) is 34.1 Å². The normalized spacial score (nSPS) is 11.0. The molecule has 0 fully saturated rings. The fraction of sp³-hybridized carbons (Fsp3) is 0.281. The molecule has 5 rings (SSSR count). The van der Waals surface area contributed by atoms with Gasteiger partial charge in [-0.3, -0.25) is 14.4 Å². The van der Waals surface area contributed by atoms with Gasteiger partial charge in [0.25, 0.3) is 5.91 Å². The number of thiazole rings is 2. The number of ether oxygens (including phenoxy) is 2. The highest BCUT2D eigenvalue weighted by Gasteiger charge is 2.20. The van der Waals surface area contributed by atoms with Gasteiger partial charge in [0.05, 0.1) is 42.5 Å². The highest BCUT2D eigenvalue weighted by Crippen LogP contribution is 2.36. The second-order valence-electron chi connectivity index (χ2n) is 10.5. The Morgan fingerprint density at radius 1 is 0.889 bits per heavy atom. The molecule has 0 aliphatic heterocycles. The van der Waals surface area contributed by atoms with Gasteiger partial charge < -0.3 is 19.8 Å².